The number of benzene rings is 1. The van der Waals surface area contributed by atoms with Gasteiger partial charge in [0.05, 0.1) is 6.26 Å². The van der Waals surface area contributed by atoms with E-state index in [4.69, 9.17) is 4.42 Å². The second-order valence-electron chi connectivity index (χ2n) is 4.72. The van der Waals surface area contributed by atoms with Crippen LogP contribution in [0.2, 0.25) is 0 Å². The van der Waals surface area contributed by atoms with Crippen LogP contribution in [0.25, 0.3) is 17.0 Å². The summed E-state index contributed by atoms with van der Waals surface area (Å²) >= 11 is 0.844. The first-order valence-corrected chi connectivity index (χ1v) is 9.58. The van der Waals surface area contributed by atoms with Crippen molar-refractivity contribution < 1.29 is 8.97 Å². The Morgan fingerprint density at radius 2 is 2.15 bits per heavy atom. The summed E-state index contributed by atoms with van der Waals surface area (Å²) in [6.07, 6.45) is 8.90. The summed E-state index contributed by atoms with van der Waals surface area (Å²) in [5.41, 5.74) is 0.903. The SMILES string of the molecule is CCC(C=Cc1cc2ccccc2o1)C(SC)[S+](C)[O-]. The highest BCUT2D eigenvalue weighted by Gasteiger charge is 2.25. The van der Waals surface area contributed by atoms with Gasteiger partial charge < -0.3 is 8.97 Å². The van der Waals surface area contributed by atoms with E-state index in [0.29, 0.717) is 5.92 Å². The summed E-state index contributed by atoms with van der Waals surface area (Å²) in [6, 6.07) is 10.0. The molecular weight excluding hydrogens is 288 g/mol. The highest BCUT2D eigenvalue weighted by atomic mass is 32.3. The normalized spacial score (nSPS) is 16.6. The Bertz CT molecular complexity index is 542. The van der Waals surface area contributed by atoms with Crippen molar-refractivity contribution in [3.63, 3.8) is 0 Å². The van der Waals surface area contributed by atoms with E-state index in [-0.39, 0.29) is 4.58 Å². The van der Waals surface area contributed by atoms with Crippen molar-refractivity contribution >= 4 is 40.0 Å². The minimum atomic E-state index is -0.825. The summed E-state index contributed by atoms with van der Waals surface area (Å²) in [7, 11) is 0. The predicted octanol–water partition coefficient (Wildman–Crippen LogP) is 4.54. The van der Waals surface area contributed by atoms with Crippen molar-refractivity contribution in [2.75, 3.05) is 12.5 Å². The molecule has 3 unspecified atom stereocenters. The monoisotopic (exact) mass is 308 g/mol. The van der Waals surface area contributed by atoms with Crippen LogP contribution >= 0.6 is 11.8 Å². The van der Waals surface area contributed by atoms with Crippen molar-refractivity contribution in [3.8, 4) is 0 Å². The second kappa shape index (κ2) is 7.25. The van der Waals surface area contributed by atoms with Gasteiger partial charge in [0.1, 0.15) is 11.3 Å². The first-order chi connectivity index (χ1) is 9.65. The standard InChI is InChI=1S/C16H20O2S2/c1-4-12(16(19-2)20(3)17)9-10-14-11-13-7-5-6-8-15(13)18-14/h5-12,16H,4H2,1-3H3. The van der Waals surface area contributed by atoms with Gasteiger partial charge in [-0.25, -0.2) is 0 Å². The molecule has 0 spiro atoms. The number of hydrogen-bond donors (Lipinski definition) is 0. The van der Waals surface area contributed by atoms with Gasteiger partial charge in [-0.3, -0.25) is 0 Å². The molecular formula is C16H20O2S2. The molecule has 4 heteroatoms. The lowest BCUT2D eigenvalue weighted by molar-refractivity contribution is 0.575. The molecule has 2 nitrogen and oxygen atoms in total. The number of hydrogen-bond acceptors (Lipinski definition) is 3. The summed E-state index contributed by atoms with van der Waals surface area (Å²) < 4.78 is 17.7. The van der Waals surface area contributed by atoms with Crippen LogP contribution in [0.15, 0.2) is 40.8 Å². The molecule has 0 aliphatic carbocycles. The molecule has 1 aromatic carbocycles. The van der Waals surface area contributed by atoms with Crippen molar-refractivity contribution in [2.24, 2.45) is 5.92 Å². The number of allylic oxidation sites excluding steroid dienone is 1. The van der Waals surface area contributed by atoms with Crippen LogP contribution in [0.5, 0.6) is 0 Å². The van der Waals surface area contributed by atoms with Crippen LogP contribution in [0.1, 0.15) is 19.1 Å². The molecule has 0 aliphatic heterocycles. The molecule has 0 amide bonds. The number of fused-ring (bicyclic) bond motifs is 1. The minimum absolute atomic E-state index is 0.139. The van der Waals surface area contributed by atoms with Gasteiger partial charge in [0.15, 0.2) is 4.58 Å². The maximum absolute atomic E-state index is 11.8. The summed E-state index contributed by atoms with van der Waals surface area (Å²) in [5, 5.41) is 1.11. The zero-order valence-electron chi connectivity index (χ0n) is 12.0. The first-order valence-electron chi connectivity index (χ1n) is 6.67. The Morgan fingerprint density at radius 1 is 1.40 bits per heavy atom. The van der Waals surface area contributed by atoms with E-state index in [9.17, 15) is 4.55 Å². The lowest BCUT2D eigenvalue weighted by Crippen LogP contribution is -2.24. The lowest BCUT2D eigenvalue weighted by Gasteiger charge is -2.22. The molecule has 0 N–H and O–H groups in total. The van der Waals surface area contributed by atoms with Gasteiger partial charge in [-0.05, 0) is 42.1 Å². The van der Waals surface area contributed by atoms with Crippen molar-refractivity contribution in [1.82, 2.24) is 0 Å². The predicted molar refractivity (Wildman–Crippen MR) is 90.4 cm³/mol. The fraction of sp³-hybridized carbons (Fsp3) is 0.375. The van der Waals surface area contributed by atoms with E-state index in [1.165, 1.54) is 0 Å². The third kappa shape index (κ3) is 3.62. The molecule has 1 aromatic heterocycles. The minimum Gasteiger partial charge on any atom is -0.616 e. The summed E-state index contributed by atoms with van der Waals surface area (Å²) in [6.45, 7) is 2.13. The Balaban J connectivity index is 2.17. The van der Waals surface area contributed by atoms with Gasteiger partial charge in [-0.2, -0.15) is 0 Å². The third-order valence-corrected chi connectivity index (χ3v) is 6.54. The Morgan fingerprint density at radius 3 is 2.75 bits per heavy atom. The zero-order chi connectivity index (χ0) is 14.5. The third-order valence-electron chi connectivity index (χ3n) is 3.33. The van der Waals surface area contributed by atoms with Crippen LogP contribution in [-0.4, -0.2) is 21.6 Å². The van der Waals surface area contributed by atoms with Gasteiger partial charge >= 0.3 is 0 Å². The molecule has 0 saturated heterocycles. The molecule has 0 aliphatic rings. The highest BCUT2D eigenvalue weighted by Crippen LogP contribution is 2.27. The van der Waals surface area contributed by atoms with E-state index in [2.05, 4.69) is 13.0 Å². The summed E-state index contributed by atoms with van der Waals surface area (Å²) in [5.74, 6) is 1.15. The van der Waals surface area contributed by atoms with Gasteiger partial charge in [-0.15, -0.1) is 11.8 Å². The maximum atomic E-state index is 11.8. The molecule has 0 bridgehead atoms. The number of rotatable bonds is 6. The smallest absolute Gasteiger partial charge is 0.166 e. The number of furan rings is 1. The second-order valence-corrected chi connectivity index (χ2v) is 7.50. The van der Waals surface area contributed by atoms with Crippen LogP contribution < -0.4 is 0 Å². The molecule has 2 rings (SSSR count). The van der Waals surface area contributed by atoms with E-state index in [1.54, 1.807) is 18.0 Å². The molecule has 0 fully saturated rings. The molecule has 3 atom stereocenters. The fourth-order valence-corrected chi connectivity index (χ4v) is 4.77. The Kier molecular flexibility index (Phi) is 5.64. The van der Waals surface area contributed by atoms with E-state index in [0.717, 1.165) is 23.2 Å². The fourth-order valence-electron chi connectivity index (χ4n) is 2.28. The van der Waals surface area contributed by atoms with Crippen molar-refractivity contribution in [2.45, 2.75) is 17.9 Å². The van der Waals surface area contributed by atoms with E-state index in [1.807, 2.05) is 42.7 Å². The van der Waals surface area contributed by atoms with Crippen LogP contribution in [0.4, 0.5) is 0 Å². The molecule has 20 heavy (non-hydrogen) atoms. The van der Waals surface area contributed by atoms with E-state index >= 15 is 0 Å². The Labute approximate surface area is 127 Å². The molecule has 0 radical (unpaired) electrons. The van der Waals surface area contributed by atoms with Gasteiger partial charge in [0.2, 0.25) is 0 Å². The topological polar surface area (TPSA) is 36.2 Å². The average molecular weight is 308 g/mol. The number of para-hydroxylation sites is 1. The maximum Gasteiger partial charge on any atom is 0.166 e. The lowest BCUT2D eigenvalue weighted by atomic mass is 10.1. The quantitative estimate of drug-likeness (QED) is 0.735. The van der Waals surface area contributed by atoms with Crippen molar-refractivity contribution in [1.29, 1.82) is 0 Å². The largest absolute Gasteiger partial charge is 0.616 e. The van der Waals surface area contributed by atoms with E-state index < -0.39 is 11.2 Å². The highest BCUT2D eigenvalue weighted by molar-refractivity contribution is 8.12. The number of thioether (sulfide) groups is 1. The molecule has 1 heterocycles. The van der Waals surface area contributed by atoms with Gasteiger partial charge in [0.25, 0.3) is 0 Å². The summed E-state index contributed by atoms with van der Waals surface area (Å²) in [4.78, 5) is 0. The van der Waals surface area contributed by atoms with Crippen LogP contribution in [0, 0.1) is 5.92 Å². The Hall–Kier alpha value is -0.840. The molecule has 0 saturated carbocycles. The molecule has 2 aromatic rings. The zero-order valence-corrected chi connectivity index (χ0v) is 13.7. The van der Waals surface area contributed by atoms with Crippen LogP contribution in [-0.2, 0) is 11.2 Å². The average Bonchev–Trinajstić information content (AvgIpc) is 2.85. The van der Waals surface area contributed by atoms with Crippen LogP contribution in [0.3, 0.4) is 0 Å². The van der Waals surface area contributed by atoms with Gasteiger partial charge in [-0.1, -0.05) is 31.2 Å². The first kappa shape index (κ1) is 15.5. The van der Waals surface area contributed by atoms with Gasteiger partial charge in [0, 0.05) is 11.3 Å². The van der Waals surface area contributed by atoms with Crippen molar-refractivity contribution in [3.05, 3.63) is 42.2 Å². The molecule has 108 valence electrons.